The Balaban J connectivity index is 1.88. The van der Waals surface area contributed by atoms with E-state index in [-0.39, 0.29) is 11.8 Å². The van der Waals surface area contributed by atoms with Gasteiger partial charge in [-0.25, -0.2) is 0 Å². The third kappa shape index (κ3) is 3.28. The van der Waals surface area contributed by atoms with E-state index < -0.39 is 0 Å². The van der Waals surface area contributed by atoms with Crippen molar-refractivity contribution in [3.05, 3.63) is 52.5 Å². The number of methoxy groups -OCH3 is 1. The van der Waals surface area contributed by atoms with Gasteiger partial charge in [0.1, 0.15) is 5.75 Å². The Morgan fingerprint density at radius 2 is 2.04 bits per heavy atom. The van der Waals surface area contributed by atoms with E-state index in [1.807, 2.05) is 18.2 Å². The van der Waals surface area contributed by atoms with Gasteiger partial charge in [0.2, 0.25) is 5.91 Å². The third-order valence-electron chi connectivity index (χ3n) is 3.92. The van der Waals surface area contributed by atoms with Crippen LogP contribution in [0, 0.1) is 0 Å². The molecular weight excluding hydrogens is 372 g/mol. The Labute approximate surface area is 148 Å². The van der Waals surface area contributed by atoms with Gasteiger partial charge in [-0.05, 0) is 52.7 Å². The van der Waals surface area contributed by atoms with Crippen molar-refractivity contribution in [1.29, 1.82) is 0 Å². The van der Waals surface area contributed by atoms with Gasteiger partial charge in [0.25, 0.3) is 5.91 Å². The Kier molecular flexibility index (Phi) is 4.85. The molecule has 1 aliphatic rings. The lowest BCUT2D eigenvalue weighted by Crippen LogP contribution is -2.24. The first-order chi connectivity index (χ1) is 11.6. The van der Waals surface area contributed by atoms with Gasteiger partial charge in [0, 0.05) is 23.1 Å². The lowest BCUT2D eigenvalue weighted by Gasteiger charge is -2.20. The molecule has 124 valence electrons. The van der Waals surface area contributed by atoms with E-state index in [2.05, 4.69) is 21.2 Å². The molecule has 1 heterocycles. The van der Waals surface area contributed by atoms with Crippen LogP contribution >= 0.6 is 15.9 Å². The topological polar surface area (TPSA) is 58.6 Å². The van der Waals surface area contributed by atoms with Crippen LogP contribution in [0.1, 0.15) is 23.2 Å². The van der Waals surface area contributed by atoms with Gasteiger partial charge >= 0.3 is 0 Å². The first-order valence-corrected chi connectivity index (χ1v) is 8.43. The fourth-order valence-electron chi connectivity index (χ4n) is 2.73. The standard InChI is InChI=1S/C18H17BrN2O3/c1-24-16-9-8-12(11-15(16)21-10-4-7-17(21)22)20-18(23)13-5-2-3-6-14(13)19/h2-3,5-6,8-9,11H,4,7,10H2,1H3,(H,20,23). The lowest BCUT2D eigenvalue weighted by atomic mass is 10.2. The summed E-state index contributed by atoms with van der Waals surface area (Å²) in [5, 5.41) is 2.87. The largest absolute Gasteiger partial charge is 0.495 e. The number of hydrogen-bond donors (Lipinski definition) is 1. The number of hydrogen-bond acceptors (Lipinski definition) is 3. The molecule has 2 aromatic rings. The molecule has 0 aliphatic carbocycles. The summed E-state index contributed by atoms with van der Waals surface area (Å²) in [6, 6.07) is 12.5. The summed E-state index contributed by atoms with van der Waals surface area (Å²) in [7, 11) is 1.57. The molecule has 2 amide bonds. The quantitative estimate of drug-likeness (QED) is 0.865. The minimum Gasteiger partial charge on any atom is -0.495 e. The van der Waals surface area contributed by atoms with Crippen molar-refractivity contribution in [2.24, 2.45) is 0 Å². The number of carbonyl (C=O) groups is 2. The van der Waals surface area contributed by atoms with Gasteiger partial charge in [0.05, 0.1) is 18.4 Å². The summed E-state index contributed by atoms with van der Waals surface area (Å²) in [6.07, 6.45) is 1.37. The molecule has 1 saturated heterocycles. The number of ether oxygens (including phenoxy) is 1. The van der Waals surface area contributed by atoms with Crippen LogP contribution in [0.25, 0.3) is 0 Å². The van der Waals surface area contributed by atoms with Crippen LogP contribution in [0.15, 0.2) is 46.9 Å². The van der Waals surface area contributed by atoms with Gasteiger partial charge in [-0.15, -0.1) is 0 Å². The molecule has 1 N–H and O–H groups in total. The summed E-state index contributed by atoms with van der Waals surface area (Å²) in [4.78, 5) is 26.2. The zero-order chi connectivity index (χ0) is 17.1. The average molecular weight is 389 g/mol. The van der Waals surface area contributed by atoms with Gasteiger partial charge in [-0.2, -0.15) is 0 Å². The van der Waals surface area contributed by atoms with Crippen LogP contribution in [0.3, 0.4) is 0 Å². The Morgan fingerprint density at radius 3 is 2.71 bits per heavy atom. The van der Waals surface area contributed by atoms with Crippen LogP contribution in [0.2, 0.25) is 0 Å². The smallest absolute Gasteiger partial charge is 0.256 e. The number of benzene rings is 2. The van der Waals surface area contributed by atoms with Crippen molar-refractivity contribution >= 4 is 39.1 Å². The van der Waals surface area contributed by atoms with Crippen LogP contribution in [-0.4, -0.2) is 25.5 Å². The summed E-state index contributed by atoms with van der Waals surface area (Å²) in [5.74, 6) is 0.470. The maximum atomic E-state index is 12.4. The summed E-state index contributed by atoms with van der Waals surface area (Å²) >= 11 is 3.38. The van der Waals surface area contributed by atoms with E-state index in [4.69, 9.17) is 4.74 Å². The predicted octanol–water partition coefficient (Wildman–Crippen LogP) is 3.84. The van der Waals surface area contributed by atoms with Crippen LogP contribution in [0.4, 0.5) is 11.4 Å². The first kappa shape index (κ1) is 16.5. The molecule has 1 fully saturated rings. The zero-order valence-electron chi connectivity index (χ0n) is 13.2. The molecule has 2 aromatic carbocycles. The summed E-state index contributed by atoms with van der Waals surface area (Å²) in [6.45, 7) is 0.664. The first-order valence-electron chi connectivity index (χ1n) is 7.64. The number of nitrogens with zero attached hydrogens (tertiary/aromatic N) is 1. The normalized spacial score (nSPS) is 13.9. The summed E-state index contributed by atoms with van der Waals surface area (Å²) < 4.78 is 6.08. The van der Waals surface area contributed by atoms with E-state index >= 15 is 0 Å². The molecule has 5 nitrogen and oxygen atoms in total. The molecule has 1 aliphatic heterocycles. The van der Waals surface area contributed by atoms with E-state index in [0.717, 1.165) is 10.9 Å². The van der Waals surface area contributed by atoms with Gasteiger partial charge in [0.15, 0.2) is 0 Å². The molecule has 24 heavy (non-hydrogen) atoms. The van der Waals surface area contributed by atoms with Gasteiger partial charge < -0.3 is 15.0 Å². The maximum absolute atomic E-state index is 12.4. The number of carbonyl (C=O) groups excluding carboxylic acids is 2. The molecule has 0 atom stereocenters. The highest BCUT2D eigenvalue weighted by Gasteiger charge is 2.25. The van der Waals surface area contributed by atoms with E-state index in [0.29, 0.717) is 35.7 Å². The van der Waals surface area contributed by atoms with Crippen molar-refractivity contribution in [3.63, 3.8) is 0 Å². The number of halogens is 1. The monoisotopic (exact) mass is 388 g/mol. The zero-order valence-corrected chi connectivity index (χ0v) is 14.8. The maximum Gasteiger partial charge on any atom is 0.256 e. The number of rotatable bonds is 4. The van der Waals surface area contributed by atoms with E-state index in [1.165, 1.54) is 0 Å². The molecule has 0 aromatic heterocycles. The Hall–Kier alpha value is -2.34. The number of nitrogens with one attached hydrogen (secondary N) is 1. The number of anilines is 2. The second-order valence-electron chi connectivity index (χ2n) is 5.47. The second kappa shape index (κ2) is 7.05. The second-order valence-corrected chi connectivity index (χ2v) is 6.32. The van der Waals surface area contributed by atoms with Crippen molar-refractivity contribution in [1.82, 2.24) is 0 Å². The number of amides is 2. The van der Waals surface area contributed by atoms with Crippen molar-refractivity contribution in [3.8, 4) is 5.75 Å². The van der Waals surface area contributed by atoms with E-state index in [1.54, 1.807) is 36.3 Å². The van der Waals surface area contributed by atoms with Crippen molar-refractivity contribution < 1.29 is 14.3 Å². The molecule has 0 bridgehead atoms. The lowest BCUT2D eigenvalue weighted by molar-refractivity contribution is -0.117. The SMILES string of the molecule is COc1ccc(NC(=O)c2ccccc2Br)cc1N1CCCC1=O. The predicted molar refractivity (Wildman–Crippen MR) is 96.7 cm³/mol. The van der Waals surface area contributed by atoms with Gasteiger partial charge in [-0.1, -0.05) is 12.1 Å². The molecule has 0 spiro atoms. The van der Waals surface area contributed by atoms with Crippen molar-refractivity contribution in [2.75, 3.05) is 23.9 Å². The van der Waals surface area contributed by atoms with Gasteiger partial charge in [-0.3, -0.25) is 9.59 Å². The highest BCUT2D eigenvalue weighted by molar-refractivity contribution is 9.10. The minimum atomic E-state index is -0.216. The summed E-state index contributed by atoms with van der Waals surface area (Å²) in [5.41, 5.74) is 1.85. The molecule has 0 radical (unpaired) electrons. The molecule has 6 heteroatoms. The fraction of sp³-hybridized carbons (Fsp3) is 0.222. The Bertz CT molecular complexity index is 792. The average Bonchev–Trinajstić information content (AvgIpc) is 3.01. The molecule has 0 saturated carbocycles. The van der Waals surface area contributed by atoms with Crippen molar-refractivity contribution in [2.45, 2.75) is 12.8 Å². The minimum absolute atomic E-state index is 0.0718. The Morgan fingerprint density at radius 1 is 1.25 bits per heavy atom. The highest BCUT2D eigenvalue weighted by Crippen LogP contribution is 2.34. The molecule has 3 rings (SSSR count). The van der Waals surface area contributed by atoms with E-state index in [9.17, 15) is 9.59 Å². The highest BCUT2D eigenvalue weighted by atomic mass is 79.9. The fourth-order valence-corrected chi connectivity index (χ4v) is 3.19. The molecular formula is C18H17BrN2O3. The molecule has 0 unspecified atom stereocenters. The van der Waals surface area contributed by atoms with Crippen LogP contribution in [-0.2, 0) is 4.79 Å². The third-order valence-corrected chi connectivity index (χ3v) is 4.61. The van der Waals surface area contributed by atoms with Crippen LogP contribution < -0.4 is 15.0 Å². The van der Waals surface area contributed by atoms with Crippen LogP contribution in [0.5, 0.6) is 5.75 Å².